The van der Waals surface area contributed by atoms with Gasteiger partial charge >= 0.3 is 0 Å². The highest BCUT2D eigenvalue weighted by molar-refractivity contribution is 5.97. The van der Waals surface area contributed by atoms with Crippen molar-refractivity contribution < 1.29 is 19.7 Å². The van der Waals surface area contributed by atoms with Gasteiger partial charge in [0.2, 0.25) is 0 Å². The monoisotopic (exact) mass is 294 g/mol. The third-order valence-corrected chi connectivity index (χ3v) is 3.47. The smallest absolute Gasteiger partial charge is 0.255 e. The van der Waals surface area contributed by atoms with Crippen LogP contribution in [0.25, 0.3) is 0 Å². The van der Waals surface area contributed by atoms with Crippen LogP contribution in [0.5, 0.6) is 11.5 Å². The van der Waals surface area contributed by atoms with Crippen LogP contribution in [0.1, 0.15) is 29.6 Å². The molecule has 1 aliphatic heterocycles. The molecule has 0 aromatic heterocycles. The molecule has 4 N–H and O–H groups in total. The Hall–Kier alpha value is -1.79. The number of benzene rings is 1. The topological polar surface area (TPSA) is 90.8 Å². The molecule has 6 nitrogen and oxygen atoms in total. The number of nitrogens with one attached hydrogen (secondary N) is 2. The maximum atomic E-state index is 11.9. The van der Waals surface area contributed by atoms with Gasteiger partial charge in [0, 0.05) is 13.2 Å². The fraction of sp³-hybridized carbons (Fsp3) is 0.533. The highest BCUT2D eigenvalue weighted by Crippen LogP contribution is 2.21. The van der Waals surface area contributed by atoms with Gasteiger partial charge in [0.05, 0.1) is 11.7 Å². The van der Waals surface area contributed by atoms with Crippen molar-refractivity contribution in [1.29, 1.82) is 0 Å². The fourth-order valence-electron chi connectivity index (χ4n) is 2.29. The van der Waals surface area contributed by atoms with Gasteiger partial charge in [-0.05, 0) is 50.6 Å². The van der Waals surface area contributed by atoms with Crippen molar-refractivity contribution in [3.8, 4) is 11.5 Å². The van der Waals surface area contributed by atoms with Crippen molar-refractivity contribution in [2.75, 3.05) is 26.2 Å². The molecule has 6 heteroatoms. The van der Waals surface area contributed by atoms with E-state index in [1.165, 1.54) is 18.2 Å². The molecule has 0 bridgehead atoms. The van der Waals surface area contributed by atoms with Crippen LogP contribution in [-0.4, -0.2) is 48.5 Å². The zero-order valence-electron chi connectivity index (χ0n) is 12.0. The van der Waals surface area contributed by atoms with Gasteiger partial charge in [-0.1, -0.05) is 0 Å². The van der Waals surface area contributed by atoms with Crippen LogP contribution in [0.3, 0.4) is 0 Å². The lowest BCUT2D eigenvalue weighted by Gasteiger charge is -2.22. The Kier molecular flexibility index (Phi) is 5.83. The minimum atomic E-state index is -0.398. The number of carbonyl (C=O) groups excluding carboxylic acids is 1. The van der Waals surface area contributed by atoms with Crippen molar-refractivity contribution in [3.63, 3.8) is 0 Å². The van der Waals surface area contributed by atoms with E-state index >= 15 is 0 Å². The fourth-order valence-corrected chi connectivity index (χ4v) is 2.29. The molecular weight excluding hydrogens is 272 g/mol. The first-order valence-electron chi connectivity index (χ1n) is 7.29. The van der Waals surface area contributed by atoms with Crippen molar-refractivity contribution in [2.24, 2.45) is 0 Å². The van der Waals surface area contributed by atoms with E-state index in [2.05, 4.69) is 10.6 Å². The van der Waals surface area contributed by atoms with E-state index < -0.39 is 5.91 Å². The summed E-state index contributed by atoms with van der Waals surface area (Å²) < 4.78 is 5.73. The van der Waals surface area contributed by atoms with Gasteiger partial charge in [-0.2, -0.15) is 0 Å². The Morgan fingerprint density at radius 1 is 1.33 bits per heavy atom. The highest BCUT2D eigenvalue weighted by Gasteiger charge is 2.13. The summed E-state index contributed by atoms with van der Waals surface area (Å²) in [5, 5.41) is 24.9. The van der Waals surface area contributed by atoms with E-state index in [9.17, 15) is 15.0 Å². The molecule has 0 radical (unpaired) electrons. The van der Waals surface area contributed by atoms with Crippen LogP contribution in [0.2, 0.25) is 0 Å². The van der Waals surface area contributed by atoms with Gasteiger partial charge < -0.3 is 25.6 Å². The minimum absolute atomic E-state index is 0.0489. The SMILES string of the molecule is O=C(NCCCOC1CCNCC1)c1cc(O)ccc1O. The molecule has 2 rings (SSSR count). The molecule has 1 fully saturated rings. The van der Waals surface area contributed by atoms with Gasteiger partial charge in [0.25, 0.3) is 5.91 Å². The van der Waals surface area contributed by atoms with Gasteiger partial charge in [-0.3, -0.25) is 4.79 Å². The van der Waals surface area contributed by atoms with Crippen LogP contribution in [0.15, 0.2) is 18.2 Å². The summed E-state index contributed by atoms with van der Waals surface area (Å²) in [7, 11) is 0. The number of amides is 1. The first-order valence-corrected chi connectivity index (χ1v) is 7.29. The van der Waals surface area contributed by atoms with Crippen LogP contribution in [-0.2, 0) is 4.74 Å². The maximum Gasteiger partial charge on any atom is 0.255 e. The van der Waals surface area contributed by atoms with E-state index in [4.69, 9.17) is 4.74 Å². The average molecular weight is 294 g/mol. The predicted molar refractivity (Wildman–Crippen MR) is 78.6 cm³/mol. The van der Waals surface area contributed by atoms with Crippen LogP contribution >= 0.6 is 0 Å². The third-order valence-electron chi connectivity index (χ3n) is 3.47. The molecule has 1 heterocycles. The number of piperidine rings is 1. The van der Waals surface area contributed by atoms with Crippen molar-refractivity contribution in [2.45, 2.75) is 25.4 Å². The molecule has 1 aromatic rings. The summed E-state index contributed by atoms with van der Waals surface area (Å²) in [6.07, 6.45) is 3.10. The lowest BCUT2D eigenvalue weighted by molar-refractivity contribution is 0.0318. The summed E-state index contributed by atoms with van der Waals surface area (Å²) in [5.74, 6) is -0.589. The van der Waals surface area contributed by atoms with E-state index in [1.807, 2.05) is 0 Å². The molecule has 0 spiro atoms. The molecule has 1 amide bonds. The van der Waals surface area contributed by atoms with Crippen molar-refractivity contribution in [3.05, 3.63) is 23.8 Å². The largest absolute Gasteiger partial charge is 0.508 e. The Labute approximate surface area is 124 Å². The normalized spacial score (nSPS) is 15.8. The Bertz CT molecular complexity index is 473. The second-order valence-corrected chi connectivity index (χ2v) is 5.13. The second-order valence-electron chi connectivity index (χ2n) is 5.13. The highest BCUT2D eigenvalue weighted by atomic mass is 16.5. The summed E-state index contributed by atoms with van der Waals surface area (Å²) >= 11 is 0. The zero-order valence-corrected chi connectivity index (χ0v) is 12.0. The van der Waals surface area contributed by atoms with Gasteiger partial charge in [0.1, 0.15) is 11.5 Å². The molecule has 0 unspecified atom stereocenters. The van der Waals surface area contributed by atoms with E-state index in [1.54, 1.807) is 0 Å². The molecular formula is C15H22N2O4. The second kappa shape index (κ2) is 7.85. The van der Waals surface area contributed by atoms with E-state index in [-0.39, 0.29) is 17.1 Å². The van der Waals surface area contributed by atoms with Crippen LogP contribution in [0, 0.1) is 0 Å². The number of aromatic hydroxyl groups is 2. The zero-order chi connectivity index (χ0) is 15.1. The summed E-state index contributed by atoms with van der Waals surface area (Å²) in [4.78, 5) is 11.9. The Balaban J connectivity index is 1.66. The molecule has 1 aliphatic rings. The maximum absolute atomic E-state index is 11.9. The summed E-state index contributed by atoms with van der Waals surface area (Å²) in [6, 6.07) is 3.87. The number of carbonyl (C=O) groups is 1. The third kappa shape index (κ3) is 4.91. The van der Waals surface area contributed by atoms with Crippen LogP contribution < -0.4 is 10.6 Å². The predicted octanol–water partition coefficient (Wildman–Crippen LogP) is 0.986. The lowest BCUT2D eigenvalue weighted by Crippen LogP contribution is -2.33. The van der Waals surface area contributed by atoms with Crippen molar-refractivity contribution >= 4 is 5.91 Å². The number of ether oxygens (including phenoxy) is 1. The number of rotatable bonds is 6. The first kappa shape index (κ1) is 15.6. The van der Waals surface area contributed by atoms with Gasteiger partial charge in [0.15, 0.2) is 0 Å². The Morgan fingerprint density at radius 3 is 2.86 bits per heavy atom. The number of hydrogen-bond acceptors (Lipinski definition) is 5. The first-order chi connectivity index (χ1) is 10.2. The van der Waals surface area contributed by atoms with Crippen molar-refractivity contribution in [1.82, 2.24) is 10.6 Å². The van der Waals surface area contributed by atoms with Gasteiger partial charge in [-0.15, -0.1) is 0 Å². The van der Waals surface area contributed by atoms with Gasteiger partial charge in [-0.25, -0.2) is 0 Å². The lowest BCUT2D eigenvalue weighted by atomic mass is 10.1. The molecule has 0 atom stereocenters. The quantitative estimate of drug-likeness (QED) is 0.464. The van der Waals surface area contributed by atoms with E-state index in [0.29, 0.717) is 19.3 Å². The number of phenolic OH excluding ortho intramolecular Hbond substituents is 2. The Morgan fingerprint density at radius 2 is 2.10 bits per heavy atom. The number of phenols is 2. The van der Waals surface area contributed by atoms with Crippen LogP contribution in [0.4, 0.5) is 0 Å². The molecule has 0 aliphatic carbocycles. The standard InChI is InChI=1S/C15H22N2O4/c18-11-2-3-14(19)13(10-11)15(20)17-6-1-9-21-12-4-7-16-8-5-12/h2-3,10,12,16,18-19H,1,4-9H2,(H,17,20). The number of hydrogen-bond donors (Lipinski definition) is 4. The minimum Gasteiger partial charge on any atom is -0.508 e. The molecule has 1 saturated heterocycles. The summed E-state index contributed by atoms with van der Waals surface area (Å²) in [5.41, 5.74) is 0.0780. The molecule has 21 heavy (non-hydrogen) atoms. The molecule has 116 valence electrons. The average Bonchev–Trinajstić information content (AvgIpc) is 2.50. The summed E-state index contributed by atoms with van der Waals surface area (Å²) in [6.45, 7) is 3.08. The molecule has 1 aromatic carbocycles. The molecule has 0 saturated carbocycles. The van der Waals surface area contributed by atoms with E-state index in [0.717, 1.165) is 32.4 Å².